The van der Waals surface area contributed by atoms with Gasteiger partial charge in [-0.3, -0.25) is 4.98 Å². The molecule has 1 unspecified atom stereocenters. The average molecular weight is 592 g/mol. The maximum absolute atomic E-state index is 12.6. The Bertz CT molecular complexity index is 1850. The monoisotopic (exact) mass is 591 g/mol. The summed E-state index contributed by atoms with van der Waals surface area (Å²) in [6, 6.07) is 14.7. The molecule has 2 aromatic carbocycles. The fraction of sp³-hybridized carbons (Fsp3) is 0.382. The van der Waals surface area contributed by atoms with Crippen molar-refractivity contribution in [3.63, 3.8) is 0 Å². The van der Waals surface area contributed by atoms with Crippen molar-refractivity contribution >= 4 is 17.0 Å². The van der Waals surface area contributed by atoms with Crippen LogP contribution in [0.3, 0.4) is 0 Å². The third kappa shape index (κ3) is 5.45. The quantitative estimate of drug-likeness (QED) is 0.231. The molecule has 226 valence electrons. The predicted octanol–water partition coefficient (Wildman–Crippen LogP) is 6.65. The molecule has 5 heterocycles. The van der Waals surface area contributed by atoms with Crippen LogP contribution in [0.4, 0.5) is 4.79 Å². The lowest BCUT2D eigenvalue weighted by Gasteiger charge is -2.31. The first-order valence-electron chi connectivity index (χ1n) is 15.3. The second-order valence-electron chi connectivity index (χ2n) is 12.7. The largest absolute Gasteiger partial charge is 0.444 e. The number of pyridine rings is 1. The van der Waals surface area contributed by atoms with Crippen molar-refractivity contribution in [2.24, 2.45) is 0 Å². The van der Waals surface area contributed by atoms with Crippen LogP contribution >= 0.6 is 0 Å². The molecule has 1 fully saturated rings. The summed E-state index contributed by atoms with van der Waals surface area (Å²) >= 11 is 0. The van der Waals surface area contributed by atoms with Crippen LogP contribution in [0.25, 0.3) is 39.1 Å². The van der Waals surface area contributed by atoms with Gasteiger partial charge in [-0.2, -0.15) is 5.10 Å². The number of amides is 1. The molecule has 10 nitrogen and oxygen atoms in total. The lowest BCUT2D eigenvalue weighted by atomic mass is 9.99. The maximum Gasteiger partial charge on any atom is 0.410 e. The number of ether oxygens (including phenoxy) is 2. The number of aromatic nitrogens is 6. The zero-order chi connectivity index (χ0) is 30.4. The van der Waals surface area contributed by atoms with Crippen LogP contribution < -0.4 is 0 Å². The molecule has 5 aromatic rings. The molecule has 0 saturated carbocycles. The Balaban J connectivity index is 1.22. The smallest absolute Gasteiger partial charge is 0.410 e. The molecule has 1 amide bonds. The van der Waals surface area contributed by atoms with Crippen molar-refractivity contribution < 1.29 is 14.3 Å². The summed E-state index contributed by atoms with van der Waals surface area (Å²) < 4.78 is 15.5. The number of aryl methyl sites for hydroxylation is 1. The van der Waals surface area contributed by atoms with Crippen molar-refractivity contribution in [3.8, 4) is 28.2 Å². The summed E-state index contributed by atoms with van der Waals surface area (Å²) in [7, 11) is 0. The molecule has 0 radical (unpaired) electrons. The first-order valence-corrected chi connectivity index (χ1v) is 15.3. The molecule has 2 aliphatic rings. The molecule has 0 spiro atoms. The van der Waals surface area contributed by atoms with Crippen LogP contribution in [0.15, 0.2) is 61.1 Å². The standard InChI is InChI=1S/C34H37N7O3/c1-22-12-14-35-19-28(22)24-9-11-30-27(18-24)32(37-41(30)31-7-5-6-16-43-31)29-21-40(38-36-29)26-10-8-25-20-39(15-13-23(25)17-26)33(42)44-34(2,3)4/h8-12,14,17-19,21,31H,5-7,13,15-16,20H2,1-4H3. The summed E-state index contributed by atoms with van der Waals surface area (Å²) in [6.07, 6.45) is 9.12. The average Bonchev–Trinajstić information content (AvgIpc) is 3.65. The lowest BCUT2D eigenvalue weighted by molar-refractivity contribution is -0.0365. The first-order chi connectivity index (χ1) is 21.2. The van der Waals surface area contributed by atoms with Crippen molar-refractivity contribution in [3.05, 3.63) is 77.7 Å². The van der Waals surface area contributed by atoms with Gasteiger partial charge in [-0.15, -0.1) is 5.10 Å². The van der Waals surface area contributed by atoms with Gasteiger partial charge in [0.15, 0.2) is 6.23 Å². The van der Waals surface area contributed by atoms with Gasteiger partial charge >= 0.3 is 6.09 Å². The second-order valence-corrected chi connectivity index (χ2v) is 12.7. The Hall–Kier alpha value is -4.57. The van der Waals surface area contributed by atoms with E-state index in [1.54, 1.807) is 9.58 Å². The van der Waals surface area contributed by atoms with E-state index in [2.05, 4.69) is 52.6 Å². The second kappa shape index (κ2) is 11.2. The summed E-state index contributed by atoms with van der Waals surface area (Å²) in [5.41, 5.74) is 8.51. The highest BCUT2D eigenvalue weighted by atomic mass is 16.6. The Labute approximate surface area is 256 Å². The van der Waals surface area contributed by atoms with E-state index < -0.39 is 5.60 Å². The van der Waals surface area contributed by atoms with Gasteiger partial charge in [0.2, 0.25) is 0 Å². The molecule has 0 aliphatic carbocycles. The number of carbonyl (C=O) groups excluding carboxylic acids is 1. The van der Waals surface area contributed by atoms with Crippen LogP contribution in [0, 0.1) is 6.92 Å². The lowest BCUT2D eigenvalue weighted by Crippen LogP contribution is -2.39. The third-order valence-electron chi connectivity index (χ3n) is 8.34. The van der Waals surface area contributed by atoms with Crippen LogP contribution in [0.5, 0.6) is 0 Å². The number of fused-ring (bicyclic) bond motifs is 2. The number of benzene rings is 2. The van der Waals surface area contributed by atoms with Crippen molar-refractivity contribution in [2.45, 2.75) is 71.8 Å². The number of rotatable bonds is 4. The Morgan fingerprint density at radius 3 is 2.75 bits per heavy atom. The van der Waals surface area contributed by atoms with Gasteiger partial charge in [0.1, 0.15) is 17.0 Å². The summed E-state index contributed by atoms with van der Waals surface area (Å²) in [4.78, 5) is 18.8. The molecule has 10 heteroatoms. The van der Waals surface area contributed by atoms with Gasteiger partial charge < -0.3 is 14.4 Å². The minimum Gasteiger partial charge on any atom is -0.444 e. The minimum absolute atomic E-state index is 0.109. The number of nitrogens with zero attached hydrogens (tertiary/aromatic N) is 7. The van der Waals surface area contributed by atoms with E-state index >= 15 is 0 Å². The Kier molecular flexibility index (Phi) is 7.16. The SMILES string of the molecule is Cc1ccncc1-c1ccc2c(c1)c(-c1cn(-c3ccc4c(c3)CCN(C(=O)OC(C)(C)C)C4)nn1)nn2C1CCCCO1. The Morgan fingerprint density at radius 2 is 1.95 bits per heavy atom. The van der Waals surface area contributed by atoms with E-state index in [-0.39, 0.29) is 12.3 Å². The molecule has 44 heavy (non-hydrogen) atoms. The predicted molar refractivity (Wildman–Crippen MR) is 167 cm³/mol. The van der Waals surface area contributed by atoms with E-state index in [0.29, 0.717) is 18.8 Å². The molecule has 1 atom stereocenters. The molecule has 7 rings (SSSR count). The molecular formula is C34H37N7O3. The Morgan fingerprint density at radius 1 is 1.07 bits per heavy atom. The van der Waals surface area contributed by atoms with E-state index in [1.807, 2.05) is 56.2 Å². The maximum atomic E-state index is 12.6. The molecule has 0 bridgehead atoms. The zero-order valence-corrected chi connectivity index (χ0v) is 25.7. The third-order valence-corrected chi connectivity index (χ3v) is 8.34. The van der Waals surface area contributed by atoms with Crippen molar-refractivity contribution in [2.75, 3.05) is 13.2 Å². The fourth-order valence-corrected chi connectivity index (χ4v) is 6.06. The highest BCUT2D eigenvalue weighted by molar-refractivity contribution is 5.95. The first kappa shape index (κ1) is 28.2. The van der Waals surface area contributed by atoms with Crippen molar-refractivity contribution in [1.29, 1.82) is 0 Å². The van der Waals surface area contributed by atoms with Gasteiger partial charge in [-0.25, -0.2) is 14.2 Å². The van der Waals surface area contributed by atoms with Gasteiger partial charge in [0.25, 0.3) is 0 Å². The van der Waals surface area contributed by atoms with Gasteiger partial charge in [-0.05, 0) is 106 Å². The number of carbonyl (C=O) groups is 1. The molecule has 1 saturated heterocycles. The van der Waals surface area contributed by atoms with Crippen LogP contribution in [-0.2, 0) is 22.4 Å². The fourth-order valence-electron chi connectivity index (χ4n) is 6.06. The van der Waals surface area contributed by atoms with Gasteiger partial charge in [-0.1, -0.05) is 17.3 Å². The molecule has 2 aliphatic heterocycles. The van der Waals surface area contributed by atoms with E-state index in [0.717, 1.165) is 76.8 Å². The number of hydrogen-bond donors (Lipinski definition) is 0. The normalized spacial score (nSPS) is 17.1. The molecule has 0 N–H and O–H groups in total. The molecule has 3 aromatic heterocycles. The van der Waals surface area contributed by atoms with E-state index in [1.165, 1.54) is 5.56 Å². The topological polar surface area (TPSA) is 100 Å². The molecular weight excluding hydrogens is 554 g/mol. The van der Waals surface area contributed by atoms with Crippen LogP contribution in [0.1, 0.15) is 63.0 Å². The highest BCUT2D eigenvalue weighted by Crippen LogP contribution is 2.35. The summed E-state index contributed by atoms with van der Waals surface area (Å²) in [5.74, 6) is 0. The number of hydrogen-bond acceptors (Lipinski definition) is 7. The summed E-state index contributed by atoms with van der Waals surface area (Å²) in [5, 5.41) is 15.2. The van der Waals surface area contributed by atoms with Crippen LogP contribution in [0.2, 0.25) is 0 Å². The van der Waals surface area contributed by atoms with Gasteiger partial charge in [0, 0.05) is 43.0 Å². The summed E-state index contributed by atoms with van der Waals surface area (Å²) in [6.45, 7) is 9.63. The highest BCUT2D eigenvalue weighted by Gasteiger charge is 2.27. The van der Waals surface area contributed by atoms with Gasteiger partial charge in [0.05, 0.1) is 17.4 Å². The van der Waals surface area contributed by atoms with E-state index in [4.69, 9.17) is 14.6 Å². The van der Waals surface area contributed by atoms with Crippen molar-refractivity contribution in [1.82, 2.24) is 34.7 Å². The van der Waals surface area contributed by atoms with Crippen LogP contribution in [-0.4, -0.2) is 59.5 Å². The van der Waals surface area contributed by atoms with E-state index in [9.17, 15) is 4.79 Å². The zero-order valence-electron chi connectivity index (χ0n) is 25.7. The minimum atomic E-state index is -0.518.